The average molecular weight is 451 g/mol. The molecule has 0 radical (unpaired) electrons. The van der Waals surface area contributed by atoms with Gasteiger partial charge in [-0.3, -0.25) is 9.58 Å². The number of nitrogens with one attached hydrogen (secondary N) is 2. The lowest BCUT2D eigenvalue weighted by Gasteiger charge is -2.14. The predicted octanol–water partition coefficient (Wildman–Crippen LogP) is 3.15. The van der Waals surface area contributed by atoms with E-state index in [1.165, 1.54) is 5.56 Å². The predicted molar refractivity (Wildman–Crippen MR) is 111 cm³/mol. The van der Waals surface area contributed by atoms with Gasteiger partial charge in [0.15, 0.2) is 5.65 Å². The number of alkyl halides is 1. The van der Waals surface area contributed by atoms with Crippen molar-refractivity contribution in [1.82, 2.24) is 24.6 Å². The van der Waals surface area contributed by atoms with Gasteiger partial charge in [-0.15, -0.1) is 0 Å². The Hall–Kier alpha value is -1.94. The lowest BCUT2D eigenvalue weighted by atomic mass is 10.2. The molecular formula is C17H22IN7. The number of hydrogen-bond acceptors (Lipinski definition) is 6. The summed E-state index contributed by atoms with van der Waals surface area (Å²) in [6.07, 6.45) is 1.79. The molecule has 0 aliphatic carbocycles. The number of hydrogen-bond donors (Lipinski definition) is 2. The molecule has 0 amide bonds. The van der Waals surface area contributed by atoms with Gasteiger partial charge in [0.25, 0.3) is 0 Å². The van der Waals surface area contributed by atoms with Crippen LogP contribution in [0.3, 0.4) is 0 Å². The fourth-order valence-electron chi connectivity index (χ4n) is 2.47. The quantitative estimate of drug-likeness (QED) is 0.327. The summed E-state index contributed by atoms with van der Waals surface area (Å²) >= 11 is 2.35. The van der Waals surface area contributed by atoms with Crippen molar-refractivity contribution in [2.24, 2.45) is 7.05 Å². The van der Waals surface area contributed by atoms with Crippen LogP contribution in [0.4, 0.5) is 17.5 Å². The zero-order valence-corrected chi connectivity index (χ0v) is 16.8. The van der Waals surface area contributed by atoms with Crippen molar-refractivity contribution in [3.63, 3.8) is 0 Å². The maximum atomic E-state index is 4.65. The van der Waals surface area contributed by atoms with Crippen LogP contribution < -0.4 is 10.6 Å². The van der Waals surface area contributed by atoms with Gasteiger partial charge in [0.2, 0.25) is 5.95 Å². The molecule has 25 heavy (non-hydrogen) atoms. The average Bonchev–Trinajstić information content (AvgIpc) is 2.96. The number of benzene rings is 1. The largest absolute Gasteiger partial charge is 0.353 e. The molecule has 2 heterocycles. The molecule has 0 unspecified atom stereocenters. The highest BCUT2D eigenvalue weighted by Crippen LogP contribution is 2.25. The number of fused-ring (bicyclic) bond motifs is 1. The monoisotopic (exact) mass is 451 g/mol. The Morgan fingerprint density at radius 2 is 2.12 bits per heavy atom. The Morgan fingerprint density at radius 3 is 2.88 bits per heavy atom. The third-order valence-corrected chi connectivity index (χ3v) is 5.02. The molecule has 0 fully saturated rings. The van der Waals surface area contributed by atoms with E-state index in [0.717, 1.165) is 40.2 Å². The number of aromatic nitrogens is 4. The SMILES string of the molecule is Cc1cccc(Nc2nc(NCCN(C)CI)nc3c2cnn3C)c1. The zero-order valence-electron chi connectivity index (χ0n) is 14.6. The van der Waals surface area contributed by atoms with Crippen LogP contribution in [0.1, 0.15) is 5.56 Å². The first-order valence-corrected chi connectivity index (χ1v) is 9.61. The summed E-state index contributed by atoms with van der Waals surface area (Å²) in [6.45, 7) is 3.78. The maximum Gasteiger partial charge on any atom is 0.226 e. The summed E-state index contributed by atoms with van der Waals surface area (Å²) < 4.78 is 2.75. The molecule has 0 bridgehead atoms. The van der Waals surface area contributed by atoms with E-state index in [1.54, 1.807) is 10.9 Å². The summed E-state index contributed by atoms with van der Waals surface area (Å²) in [5.74, 6) is 1.36. The number of nitrogens with zero attached hydrogens (tertiary/aromatic N) is 5. The lowest BCUT2D eigenvalue weighted by molar-refractivity contribution is 0.417. The fourth-order valence-corrected chi connectivity index (χ4v) is 2.82. The number of aryl methyl sites for hydroxylation is 2. The molecule has 0 saturated carbocycles. The highest BCUT2D eigenvalue weighted by Gasteiger charge is 2.12. The van der Waals surface area contributed by atoms with Crippen molar-refractivity contribution in [3.8, 4) is 0 Å². The van der Waals surface area contributed by atoms with Crippen LogP contribution in [0.2, 0.25) is 0 Å². The van der Waals surface area contributed by atoms with Gasteiger partial charge in [0.1, 0.15) is 5.82 Å². The molecule has 2 aromatic heterocycles. The fraction of sp³-hybridized carbons (Fsp3) is 0.353. The van der Waals surface area contributed by atoms with Gasteiger partial charge >= 0.3 is 0 Å². The van der Waals surface area contributed by atoms with Crippen molar-refractivity contribution >= 4 is 51.1 Å². The van der Waals surface area contributed by atoms with E-state index in [4.69, 9.17) is 0 Å². The molecule has 8 heteroatoms. The van der Waals surface area contributed by atoms with Gasteiger partial charge < -0.3 is 10.6 Å². The number of anilines is 3. The molecule has 0 aliphatic heterocycles. The Labute approximate surface area is 161 Å². The Kier molecular flexibility index (Phi) is 5.69. The van der Waals surface area contributed by atoms with Crippen LogP contribution in [0.15, 0.2) is 30.5 Å². The van der Waals surface area contributed by atoms with Crippen molar-refractivity contribution < 1.29 is 0 Å². The van der Waals surface area contributed by atoms with E-state index in [2.05, 4.69) is 79.3 Å². The van der Waals surface area contributed by atoms with Crippen molar-refractivity contribution in [3.05, 3.63) is 36.0 Å². The molecule has 0 atom stereocenters. The minimum atomic E-state index is 0.605. The molecule has 2 N–H and O–H groups in total. The molecule has 7 nitrogen and oxygen atoms in total. The second-order valence-electron chi connectivity index (χ2n) is 6.02. The Balaban J connectivity index is 1.88. The smallest absolute Gasteiger partial charge is 0.226 e. The standard InChI is InChI=1S/C17H22IN7/c1-12-5-4-6-13(9-12)21-15-14-10-20-25(3)16(14)23-17(22-15)19-7-8-24(2)11-18/h4-6,9-10H,7-8,11H2,1-3H3,(H2,19,21,22,23). The summed E-state index contributed by atoms with van der Waals surface area (Å²) in [6, 6.07) is 8.21. The van der Waals surface area contributed by atoms with E-state index >= 15 is 0 Å². The van der Waals surface area contributed by atoms with Crippen LogP contribution in [0.25, 0.3) is 11.0 Å². The van der Waals surface area contributed by atoms with E-state index < -0.39 is 0 Å². The summed E-state index contributed by atoms with van der Waals surface area (Å²) in [4.78, 5) is 11.5. The molecule has 3 rings (SSSR count). The van der Waals surface area contributed by atoms with Crippen molar-refractivity contribution in [2.75, 3.05) is 35.3 Å². The molecule has 0 saturated heterocycles. The minimum absolute atomic E-state index is 0.605. The lowest BCUT2D eigenvalue weighted by Crippen LogP contribution is -2.24. The molecule has 0 aliphatic rings. The van der Waals surface area contributed by atoms with Crippen LogP contribution >= 0.6 is 22.6 Å². The van der Waals surface area contributed by atoms with Crippen molar-refractivity contribution in [1.29, 1.82) is 0 Å². The van der Waals surface area contributed by atoms with E-state index in [1.807, 2.05) is 19.2 Å². The minimum Gasteiger partial charge on any atom is -0.353 e. The molecular weight excluding hydrogens is 429 g/mol. The first-order valence-electron chi connectivity index (χ1n) is 8.08. The first kappa shape index (κ1) is 17.9. The van der Waals surface area contributed by atoms with E-state index in [-0.39, 0.29) is 0 Å². The molecule has 0 spiro atoms. The van der Waals surface area contributed by atoms with Crippen molar-refractivity contribution in [2.45, 2.75) is 6.92 Å². The van der Waals surface area contributed by atoms with E-state index in [9.17, 15) is 0 Å². The summed E-state index contributed by atoms with van der Waals surface area (Å²) in [5, 5.41) is 11.9. The Morgan fingerprint density at radius 1 is 1.28 bits per heavy atom. The topological polar surface area (TPSA) is 70.9 Å². The van der Waals surface area contributed by atoms with Crippen LogP contribution in [0, 0.1) is 6.92 Å². The number of likely N-dealkylation sites (N-methyl/N-ethyl adjacent to an activating group) is 1. The second-order valence-corrected chi connectivity index (χ2v) is 6.70. The van der Waals surface area contributed by atoms with Crippen LogP contribution in [0.5, 0.6) is 0 Å². The van der Waals surface area contributed by atoms with Crippen LogP contribution in [-0.2, 0) is 7.05 Å². The second kappa shape index (κ2) is 7.96. The van der Waals surface area contributed by atoms with Crippen LogP contribution in [-0.4, -0.2) is 49.3 Å². The number of halogens is 1. The van der Waals surface area contributed by atoms with Gasteiger partial charge in [-0.25, -0.2) is 0 Å². The molecule has 3 aromatic rings. The van der Waals surface area contributed by atoms with Gasteiger partial charge in [-0.05, 0) is 31.7 Å². The maximum absolute atomic E-state index is 4.65. The third-order valence-electron chi connectivity index (χ3n) is 3.85. The molecule has 1 aromatic carbocycles. The summed E-state index contributed by atoms with van der Waals surface area (Å²) in [5.41, 5.74) is 3.00. The van der Waals surface area contributed by atoms with Gasteiger partial charge in [0, 0.05) is 25.8 Å². The van der Waals surface area contributed by atoms with E-state index in [0.29, 0.717) is 5.95 Å². The highest BCUT2D eigenvalue weighted by atomic mass is 127. The van der Waals surface area contributed by atoms with Gasteiger partial charge in [-0.1, -0.05) is 34.7 Å². The normalized spacial score (nSPS) is 11.2. The highest BCUT2D eigenvalue weighted by molar-refractivity contribution is 14.1. The zero-order chi connectivity index (χ0) is 17.8. The summed E-state index contributed by atoms with van der Waals surface area (Å²) in [7, 11) is 3.98. The Bertz CT molecular complexity index is 861. The first-order chi connectivity index (χ1) is 12.1. The van der Waals surface area contributed by atoms with Gasteiger partial charge in [0.05, 0.1) is 16.1 Å². The molecule has 132 valence electrons. The number of rotatable bonds is 7. The third kappa shape index (κ3) is 4.37. The van der Waals surface area contributed by atoms with Gasteiger partial charge in [-0.2, -0.15) is 15.1 Å².